The van der Waals surface area contributed by atoms with Crippen molar-refractivity contribution in [3.05, 3.63) is 36.7 Å². The fourth-order valence-corrected chi connectivity index (χ4v) is 5.63. The molecule has 0 spiro atoms. The summed E-state index contributed by atoms with van der Waals surface area (Å²) in [6, 6.07) is 6.89. The van der Waals surface area contributed by atoms with E-state index in [-0.39, 0.29) is 35.3 Å². The number of nitrogens with two attached hydrogens (primary N) is 1. The van der Waals surface area contributed by atoms with E-state index in [1.807, 2.05) is 0 Å². The van der Waals surface area contributed by atoms with E-state index in [2.05, 4.69) is 25.4 Å². The number of alkyl halides is 1. The van der Waals surface area contributed by atoms with Gasteiger partial charge in [-0.25, -0.2) is 13.9 Å². The third-order valence-corrected chi connectivity index (χ3v) is 7.74. The van der Waals surface area contributed by atoms with Crippen LogP contribution >= 0.6 is 7.75 Å². The molecule has 40 heavy (non-hydrogen) atoms. The number of fused-ring (bicyclic) bond motifs is 1. The van der Waals surface area contributed by atoms with Crippen LogP contribution in [0.4, 0.5) is 16.2 Å². The molecule has 3 aromatic rings. The Morgan fingerprint density at radius 2 is 2.08 bits per heavy atom. The monoisotopic (exact) mass is 583 g/mol. The molecule has 3 heterocycles. The Kier molecular flexibility index (Phi) is 8.87. The highest BCUT2D eigenvalue weighted by molar-refractivity contribution is 7.52. The zero-order valence-corrected chi connectivity index (χ0v) is 22.8. The molecule has 6 atom stereocenters. The lowest BCUT2D eigenvalue weighted by Gasteiger charge is -2.27. The first-order valence-electron chi connectivity index (χ1n) is 12.3. The van der Waals surface area contributed by atoms with E-state index in [9.17, 15) is 19.6 Å². The van der Waals surface area contributed by atoms with Crippen LogP contribution in [0, 0.1) is 0 Å². The molecule has 1 aliphatic rings. The zero-order valence-electron chi connectivity index (χ0n) is 21.9. The highest BCUT2D eigenvalue weighted by Crippen LogP contribution is 2.48. The SMILES string of the molecule is CCOC(=O)C(C)N[P@@](=O)(OC[C@H]1O[C@@H](n2cnc3c(NC)nc(N)nc32)[C@@](F)(CO)[C@@H]1O)Oc1ccccc1. The van der Waals surface area contributed by atoms with E-state index in [4.69, 9.17) is 24.3 Å². The lowest BCUT2D eigenvalue weighted by atomic mass is 9.97. The van der Waals surface area contributed by atoms with E-state index in [0.29, 0.717) is 0 Å². The summed E-state index contributed by atoms with van der Waals surface area (Å²) >= 11 is 0. The molecule has 15 nitrogen and oxygen atoms in total. The Bertz CT molecular complexity index is 1380. The van der Waals surface area contributed by atoms with Gasteiger partial charge in [-0.3, -0.25) is 13.9 Å². The summed E-state index contributed by atoms with van der Waals surface area (Å²) in [5.41, 5.74) is 3.35. The first-order valence-corrected chi connectivity index (χ1v) is 13.8. The maximum Gasteiger partial charge on any atom is 0.459 e. The van der Waals surface area contributed by atoms with Gasteiger partial charge in [0.25, 0.3) is 0 Å². The van der Waals surface area contributed by atoms with Crippen LogP contribution in [0.5, 0.6) is 5.75 Å². The van der Waals surface area contributed by atoms with Crippen molar-refractivity contribution >= 4 is 36.6 Å². The number of nitrogen functional groups attached to an aromatic ring is 1. The third-order valence-electron chi connectivity index (χ3n) is 6.10. The van der Waals surface area contributed by atoms with Gasteiger partial charge in [0, 0.05) is 7.05 Å². The predicted molar refractivity (Wildman–Crippen MR) is 140 cm³/mol. The van der Waals surface area contributed by atoms with Gasteiger partial charge in [-0.2, -0.15) is 15.1 Å². The largest absolute Gasteiger partial charge is 0.465 e. The number of rotatable bonds is 12. The number of anilines is 2. The molecule has 218 valence electrons. The molecule has 1 aliphatic heterocycles. The van der Waals surface area contributed by atoms with Crippen LogP contribution in [0.2, 0.25) is 0 Å². The van der Waals surface area contributed by atoms with Crippen molar-refractivity contribution in [1.29, 1.82) is 0 Å². The molecule has 0 bridgehead atoms. The number of hydrogen-bond acceptors (Lipinski definition) is 13. The van der Waals surface area contributed by atoms with Crippen LogP contribution in [0.25, 0.3) is 11.2 Å². The molecular weight excluding hydrogens is 552 g/mol. The average molecular weight is 584 g/mol. The fraction of sp³-hybridized carbons (Fsp3) is 0.478. The molecule has 0 aliphatic carbocycles. The van der Waals surface area contributed by atoms with Gasteiger partial charge in [-0.05, 0) is 26.0 Å². The number of halogens is 1. The summed E-state index contributed by atoms with van der Waals surface area (Å²) in [4.78, 5) is 24.5. The van der Waals surface area contributed by atoms with Crippen LogP contribution in [0.15, 0.2) is 36.7 Å². The average Bonchev–Trinajstić information content (AvgIpc) is 3.46. The van der Waals surface area contributed by atoms with Crippen molar-refractivity contribution in [3.8, 4) is 5.75 Å². The number of aromatic nitrogens is 4. The van der Waals surface area contributed by atoms with E-state index in [0.717, 1.165) is 4.57 Å². The standard InChI is InChI=1S/C23H31FN7O8P/c1-4-36-20(34)13(2)30-40(35,39-14-8-6-5-7-9-14)37-10-15-17(33)23(24,11-32)21(38-15)31-12-27-16-18(26-3)28-22(25)29-19(16)31/h5-9,12-13,15,17,21,32-33H,4,10-11H2,1-3H3,(H,30,35)(H3,25,26,28,29)/t13?,15-,17-,21-,23-,40-/m1/s1. The fourth-order valence-electron chi connectivity index (χ4n) is 4.13. The van der Waals surface area contributed by atoms with Crippen LogP contribution in [-0.4, -0.2) is 86.5 Å². The number of aliphatic hydroxyl groups excluding tert-OH is 2. The Morgan fingerprint density at radius 1 is 1.35 bits per heavy atom. The second kappa shape index (κ2) is 12.0. The van der Waals surface area contributed by atoms with Crippen LogP contribution in [-0.2, 0) is 23.4 Å². The second-order valence-electron chi connectivity index (χ2n) is 8.86. The number of aliphatic hydroxyl groups is 2. The van der Waals surface area contributed by atoms with Gasteiger partial charge >= 0.3 is 13.7 Å². The summed E-state index contributed by atoms with van der Waals surface area (Å²) in [7, 11) is -2.75. The quantitative estimate of drug-likeness (QED) is 0.150. The Morgan fingerprint density at radius 3 is 2.73 bits per heavy atom. The van der Waals surface area contributed by atoms with E-state index >= 15 is 4.39 Å². The number of benzene rings is 1. The molecule has 1 fully saturated rings. The number of nitrogens with zero attached hydrogens (tertiary/aromatic N) is 4. The molecule has 17 heteroatoms. The number of para-hydroxylation sites is 1. The van der Waals surface area contributed by atoms with Crippen LogP contribution < -0.4 is 20.7 Å². The summed E-state index contributed by atoms with van der Waals surface area (Å²) < 4.78 is 52.8. The minimum atomic E-state index is -4.33. The topological polar surface area (TPSA) is 205 Å². The minimum absolute atomic E-state index is 0.0779. The van der Waals surface area contributed by atoms with E-state index in [1.54, 1.807) is 32.2 Å². The zero-order chi connectivity index (χ0) is 29.1. The molecule has 0 saturated carbocycles. The summed E-state index contributed by atoms with van der Waals surface area (Å²) in [6.07, 6.45) is -3.83. The van der Waals surface area contributed by atoms with Crippen molar-refractivity contribution in [2.75, 3.05) is 37.9 Å². The number of carbonyl (C=O) groups is 1. The highest BCUT2D eigenvalue weighted by atomic mass is 31.2. The smallest absolute Gasteiger partial charge is 0.459 e. The van der Waals surface area contributed by atoms with E-state index < -0.39 is 57.1 Å². The van der Waals surface area contributed by atoms with Gasteiger partial charge in [-0.15, -0.1) is 0 Å². The molecule has 1 unspecified atom stereocenters. The number of esters is 1. The molecular formula is C23H31FN7O8P. The summed E-state index contributed by atoms with van der Waals surface area (Å²) in [6.45, 7) is 1.29. The molecule has 2 aromatic heterocycles. The van der Waals surface area contributed by atoms with Crippen LogP contribution in [0.1, 0.15) is 20.1 Å². The summed E-state index contributed by atoms with van der Waals surface area (Å²) in [5.74, 6) is -0.421. The minimum Gasteiger partial charge on any atom is -0.465 e. The number of imidazole rings is 1. The molecule has 4 rings (SSSR count). The van der Waals surface area contributed by atoms with Crippen molar-refractivity contribution in [2.24, 2.45) is 0 Å². The lowest BCUT2D eigenvalue weighted by molar-refractivity contribution is -0.144. The first kappa shape index (κ1) is 29.6. The third kappa shape index (κ3) is 5.87. The predicted octanol–water partition coefficient (Wildman–Crippen LogP) is 1.15. The molecule has 0 radical (unpaired) electrons. The maximum absolute atomic E-state index is 16.1. The number of nitrogens with one attached hydrogen (secondary N) is 2. The van der Waals surface area contributed by atoms with Gasteiger partial charge in [0.15, 0.2) is 23.2 Å². The molecule has 1 aromatic carbocycles. The van der Waals surface area contributed by atoms with Gasteiger partial charge in [-0.1, -0.05) is 18.2 Å². The Labute approximate surface area is 228 Å². The Hall–Kier alpha value is -3.40. The van der Waals surface area contributed by atoms with Crippen molar-refractivity contribution in [2.45, 2.75) is 44.0 Å². The van der Waals surface area contributed by atoms with Crippen molar-refractivity contribution < 1.29 is 42.5 Å². The molecule has 1 saturated heterocycles. The highest BCUT2D eigenvalue weighted by Gasteiger charge is 2.59. The van der Waals surface area contributed by atoms with Crippen molar-refractivity contribution in [1.82, 2.24) is 24.6 Å². The van der Waals surface area contributed by atoms with Gasteiger partial charge in [0.1, 0.15) is 24.0 Å². The number of ether oxygens (including phenoxy) is 2. The second-order valence-corrected chi connectivity index (χ2v) is 10.6. The van der Waals surface area contributed by atoms with Gasteiger partial charge in [0.2, 0.25) is 11.6 Å². The number of carbonyl (C=O) groups excluding carboxylic acids is 1. The van der Waals surface area contributed by atoms with Crippen molar-refractivity contribution in [3.63, 3.8) is 0 Å². The number of hydrogen-bond donors (Lipinski definition) is 5. The van der Waals surface area contributed by atoms with E-state index in [1.165, 1.54) is 25.4 Å². The molecule has 0 amide bonds. The van der Waals surface area contributed by atoms with Gasteiger partial charge in [0.05, 0.1) is 26.1 Å². The Balaban J connectivity index is 1.59. The van der Waals surface area contributed by atoms with Gasteiger partial charge < -0.3 is 35.3 Å². The molecule has 6 N–H and O–H groups in total. The van der Waals surface area contributed by atoms with Crippen LogP contribution in [0.3, 0.4) is 0 Å². The lowest BCUT2D eigenvalue weighted by Crippen LogP contribution is -2.46. The normalized spacial score (nSPS) is 24.9. The maximum atomic E-state index is 16.1. The summed E-state index contributed by atoms with van der Waals surface area (Å²) in [5, 5.41) is 26.1. The first-order chi connectivity index (χ1) is 19.0.